The summed E-state index contributed by atoms with van der Waals surface area (Å²) < 4.78 is 5.43. The van der Waals surface area contributed by atoms with E-state index >= 15 is 0 Å². The Hall–Kier alpha value is -2.77. The standard InChI is InChI=1S/C19H14ClNO5S/c1-11(18(23)24)26-15-9-5-2-6-12(15)10-16-17(22)21(19(25)27-16)14-8-4-3-7-13(14)20/h2-11H,1H3,(H,23,24)/b16-10+. The lowest BCUT2D eigenvalue weighted by molar-refractivity contribution is -0.144. The van der Waals surface area contributed by atoms with E-state index in [1.54, 1.807) is 48.5 Å². The number of aliphatic carboxylic acids is 1. The quantitative estimate of drug-likeness (QED) is 0.743. The van der Waals surface area contributed by atoms with Gasteiger partial charge in [-0.25, -0.2) is 9.69 Å². The first-order valence-corrected chi connectivity index (χ1v) is 9.09. The molecule has 0 radical (unpaired) electrons. The van der Waals surface area contributed by atoms with E-state index < -0.39 is 23.2 Å². The molecule has 2 aromatic rings. The number of thioether (sulfide) groups is 1. The molecule has 6 nitrogen and oxygen atoms in total. The molecule has 3 rings (SSSR count). The van der Waals surface area contributed by atoms with Crippen LogP contribution in [0.3, 0.4) is 0 Å². The molecule has 27 heavy (non-hydrogen) atoms. The summed E-state index contributed by atoms with van der Waals surface area (Å²) in [6, 6.07) is 13.3. The van der Waals surface area contributed by atoms with Gasteiger partial charge in [-0.1, -0.05) is 41.9 Å². The third kappa shape index (κ3) is 3.99. The van der Waals surface area contributed by atoms with Gasteiger partial charge in [0.25, 0.3) is 11.1 Å². The van der Waals surface area contributed by atoms with Crippen molar-refractivity contribution in [2.24, 2.45) is 0 Å². The summed E-state index contributed by atoms with van der Waals surface area (Å²) >= 11 is 6.89. The van der Waals surface area contributed by atoms with Crippen LogP contribution in [0.25, 0.3) is 6.08 Å². The number of carbonyl (C=O) groups excluding carboxylic acids is 2. The van der Waals surface area contributed by atoms with E-state index in [0.29, 0.717) is 22.0 Å². The summed E-state index contributed by atoms with van der Waals surface area (Å²) in [6.07, 6.45) is 0.448. The fraction of sp³-hybridized carbons (Fsp3) is 0.105. The van der Waals surface area contributed by atoms with E-state index in [4.69, 9.17) is 21.4 Å². The smallest absolute Gasteiger partial charge is 0.344 e. The molecule has 0 bridgehead atoms. The maximum Gasteiger partial charge on any atom is 0.344 e. The number of halogens is 1. The lowest BCUT2D eigenvalue weighted by Gasteiger charge is -2.14. The zero-order valence-corrected chi connectivity index (χ0v) is 15.7. The molecule has 1 N–H and O–H groups in total. The fourth-order valence-corrected chi connectivity index (χ4v) is 3.44. The zero-order chi connectivity index (χ0) is 19.6. The number of nitrogens with zero attached hydrogens (tertiary/aromatic N) is 1. The van der Waals surface area contributed by atoms with Crippen molar-refractivity contribution < 1.29 is 24.2 Å². The summed E-state index contributed by atoms with van der Waals surface area (Å²) in [5.41, 5.74) is 0.810. The number of benzene rings is 2. The highest BCUT2D eigenvalue weighted by atomic mass is 35.5. The van der Waals surface area contributed by atoms with Gasteiger partial charge in [-0.3, -0.25) is 9.59 Å². The van der Waals surface area contributed by atoms with Gasteiger partial charge in [0, 0.05) is 5.56 Å². The normalized spacial score (nSPS) is 16.7. The molecule has 138 valence electrons. The van der Waals surface area contributed by atoms with Crippen molar-refractivity contribution in [3.8, 4) is 5.75 Å². The maximum absolute atomic E-state index is 12.7. The van der Waals surface area contributed by atoms with Gasteiger partial charge in [0.15, 0.2) is 6.10 Å². The van der Waals surface area contributed by atoms with Gasteiger partial charge in [-0.15, -0.1) is 0 Å². The third-order valence-corrected chi connectivity index (χ3v) is 4.93. The number of hydrogen-bond donors (Lipinski definition) is 1. The lowest BCUT2D eigenvalue weighted by atomic mass is 10.1. The molecule has 0 aliphatic carbocycles. The van der Waals surface area contributed by atoms with Crippen molar-refractivity contribution in [3.05, 3.63) is 64.0 Å². The van der Waals surface area contributed by atoms with Crippen molar-refractivity contribution in [2.45, 2.75) is 13.0 Å². The zero-order valence-electron chi connectivity index (χ0n) is 14.1. The molecule has 0 spiro atoms. The average Bonchev–Trinajstić information content (AvgIpc) is 2.90. The van der Waals surface area contributed by atoms with Gasteiger partial charge >= 0.3 is 5.97 Å². The number of ether oxygens (including phenoxy) is 1. The summed E-state index contributed by atoms with van der Waals surface area (Å²) in [5, 5.41) is 8.85. The fourth-order valence-electron chi connectivity index (χ4n) is 2.40. The number of anilines is 1. The summed E-state index contributed by atoms with van der Waals surface area (Å²) in [6.45, 7) is 1.41. The Labute approximate surface area is 164 Å². The minimum Gasteiger partial charge on any atom is -0.479 e. The van der Waals surface area contributed by atoms with Crippen molar-refractivity contribution in [1.82, 2.24) is 0 Å². The van der Waals surface area contributed by atoms with Gasteiger partial charge < -0.3 is 9.84 Å². The van der Waals surface area contributed by atoms with E-state index in [9.17, 15) is 14.4 Å². The highest BCUT2D eigenvalue weighted by Crippen LogP contribution is 2.39. The number of hydrogen-bond acceptors (Lipinski definition) is 5. The molecular weight excluding hydrogens is 390 g/mol. The molecule has 1 fully saturated rings. The van der Waals surface area contributed by atoms with Crippen LogP contribution >= 0.6 is 23.4 Å². The van der Waals surface area contributed by atoms with Crippen LogP contribution in [0.15, 0.2) is 53.4 Å². The van der Waals surface area contributed by atoms with E-state index in [0.717, 1.165) is 16.7 Å². The Balaban J connectivity index is 1.93. The molecule has 1 unspecified atom stereocenters. The number of carboxylic acids is 1. The van der Waals surface area contributed by atoms with Gasteiger partial charge in [0.05, 0.1) is 15.6 Å². The van der Waals surface area contributed by atoms with Crippen molar-refractivity contribution in [1.29, 1.82) is 0 Å². The second-order valence-corrected chi connectivity index (χ2v) is 7.01. The molecule has 1 aliphatic heterocycles. The van der Waals surface area contributed by atoms with E-state index in [-0.39, 0.29) is 4.91 Å². The Morgan fingerprint density at radius 2 is 1.85 bits per heavy atom. The van der Waals surface area contributed by atoms with Crippen molar-refractivity contribution in [2.75, 3.05) is 4.90 Å². The summed E-state index contributed by atoms with van der Waals surface area (Å²) in [7, 11) is 0. The summed E-state index contributed by atoms with van der Waals surface area (Å²) in [4.78, 5) is 37.3. The second kappa shape index (κ2) is 7.85. The monoisotopic (exact) mass is 403 g/mol. The highest BCUT2D eigenvalue weighted by Gasteiger charge is 2.37. The SMILES string of the molecule is CC(Oc1ccccc1/C=C1/SC(=O)N(c2ccccc2Cl)C1=O)C(=O)O. The van der Waals surface area contributed by atoms with Crippen LogP contribution in [0.5, 0.6) is 5.75 Å². The van der Waals surface area contributed by atoms with Crippen LogP contribution in [0.2, 0.25) is 5.02 Å². The Bertz CT molecular complexity index is 959. The van der Waals surface area contributed by atoms with Crippen molar-refractivity contribution in [3.63, 3.8) is 0 Å². The Kier molecular flexibility index (Phi) is 5.53. The van der Waals surface area contributed by atoms with Crippen molar-refractivity contribution >= 4 is 52.2 Å². The number of amides is 2. The predicted octanol–water partition coefficient (Wildman–Crippen LogP) is 4.43. The molecule has 1 saturated heterocycles. The number of rotatable bonds is 5. The first-order valence-electron chi connectivity index (χ1n) is 7.89. The maximum atomic E-state index is 12.7. The molecule has 0 saturated carbocycles. The molecule has 2 amide bonds. The molecule has 2 aromatic carbocycles. The lowest BCUT2D eigenvalue weighted by Crippen LogP contribution is -2.27. The van der Waals surface area contributed by atoms with Gasteiger partial charge in [-0.05, 0) is 43.0 Å². The van der Waals surface area contributed by atoms with E-state index in [1.807, 2.05) is 0 Å². The molecule has 0 aromatic heterocycles. The first kappa shape index (κ1) is 19.0. The number of carbonyl (C=O) groups is 3. The average molecular weight is 404 g/mol. The van der Waals surface area contributed by atoms with Crippen LogP contribution in [0.4, 0.5) is 10.5 Å². The number of imide groups is 1. The number of carboxylic acid groups (broad SMARTS) is 1. The first-order chi connectivity index (χ1) is 12.9. The molecule has 1 atom stereocenters. The Morgan fingerprint density at radius 3 is 2.56 bits per heavy atom. The molecular formula is C19H14ClNO5S. The largest absolute Gasteiger partial charge is 0.479 e. The molecule has 1 aliphatic rings. The second-order valence-electron chi connectivity index (χ2n) is 5.60. The molecule has 1 heterocycles. The predicted molar refractivity (Wildman–Crippen MR) is 104 cm³/mol. The van der Waals surface area contributed by atoms with Crippen LogP contribution < -0.4 is 9.64 Å². The highest BCUT2D eigenvalue weighted by molar-refractivity contribution is 8.19. The minimum absolute atomic E-state index is 0.193. The minimum atomic E-state index is -1.11. The van der Waals surface area contributed by atoms with Crippen LogP contribution in [-0.4, -0.2) is 28.3 Å². The van der Waals surface area contributed by atoms with Crippen LogP contribution in [0.1, 0.15) is 12.5 Å². The van der Waals surface area contributed by atoms with E-state index in [1.165, 1.54) is 13.0 Å². The topological polar surface area (TPSA) is 83.9 Å². The third-order valence-electron chi connectivity index (χ3n) is 3.74. The van der Waals surface area contributed by atoms with Gasteiger partial charge in [-0.2, -0.15) is 0 Å². The van der Waals surface area contributed by atoms with Crippen LogP contribution in [0, 0.1) is 0 Å². The van der Waals surface area contributed by atoms with E-state index in [2.05, 4.69) is 0 Å². The summed E-state index contributed by atoms with van der Waals surface area (Å²) in [5.74, 6) is -1.31. The number of para-hydroxylation sites is 2. The van der Waals surface area contributed by atoms with Gasteiger partial charge in [0.1, 0.15) is 5.75 Å². The molecule has 8 heteroatoms. The van der Waals surface area contributed by atoms with Gasteiger partial charge in [0.2, 0.25) is 0 Å². The Morgan fingerprint density at radius 1 is 1.19 bits per heavy atom. The van der Waals surface area contributed by atoms with Crippen LogP contribution in [-0.2, 0) is 9.59 Å².